The topological polar surface area (TPSA) is 20.3 Å². The van der Waals surface area contributed by atoms with E-state index in [1.54, 1.807) is 6.92 Å². The van der Waals surface area contributed by atoms with Crippen LogP contribution in [-0.2, 0) is 4.79 Å². The molecule has 1 rings (SSSR count). The number of likely N-dealkylation sites (tertiary alicyclic amines) is 1. The molecule has 1 heterocycles. The molecule has 2 nitrogen and oxygen atoms in total. The summed E-state index contributed by atoms with van der Waals surface area (Å²) in [5, 5.41) is 0. The van der Waals surface area contributed by atoms with Crippen molar-refractivity contribution in [1.82, 2.24) is 4.90 Å². The third-order valence-corrected chi connectivity index (χ3v) is 3.02. The van der Waals surface area contributed by atoms with Gasteiger partial charge in [-0.05, 0) is 53.6 Å². The second-order valence-electron chi connectivity index (χ2n) is 5.04. The molecule has 0 aliphatic carbocycles. The van der Waals surface area contributed by atoms with Crippen molar-refractivity contribution in [2.24, 2.45) is 5.92 Å². The predicted molar refractivity (Wildman–Crippen MR) is 54.7 cm³/mol. The normalized spacial score (nSPS) is 21.8. The first kappa shape index (κ1) is 10.7. The van der Waals surface area contributed by atoms with Crippen molar-refractivity contribution in [3.8, 4) is 0 Å². The van der Waals surface area contributed by atoms with Crippen molar-refractivity contribution in [2.45, 2.75) is 46.1 Å². The fourth-order valence-electron chi connectivity index (χ4n) is 1.96. The first-order chi connectivity index (χ1) is 5.91. The molecular formula is C11H21NO. The molecule has 0 N–H and O–H groups in total. The number of carbonyl (C=O) groups excluding carboxylic acids is 1. The average Bonchev–Trinajstić information content (AvgIpc) is 2.03. The van der Waals surface area contributed by atoms with E-state index in [2.05, 4.69) is 25.7 Å². The summed E-state index contributed by atoms with van der Waals surface area (Å²) in [7, 11) is 0. The van der Waals surface area contributed by atoms with Crippen LogP contribution in [0.5, 0.6) is 0 Å². The molecule has 1 aliphatic heterocycles. The van der Waals surface area contributed by atoms with Gasteiger partial charge in [0.25, 0.3) is 0 Å². The van der Waals surface area contributed by atoms with Crippen LogP contribution >= 0.6 is 0 Å². The number of ketones is 1. The summed E-state index contributed by atoms with van der Waals surface area (Å²) in [5.41, 5.74) is 0.266. The first-order valence-electron chi connectivity index (χ1n) is 5.17. The lowest BCUT2D eigenvalue weighted by atomic mass is 9.90. The van der Waals surface area contributed by atoms with Crippen molar-refractivity contribution in [3.05, 3.63) is 0 Å². The van der Waals surface area contributed by atoms with Gasteiger partial charge in [0, 0.05) is 11.5 Å². The number of nitrogens with zero attached hydrogens (tertiary/aromatic N) is 1. The predicted octanol–water partition coefficient (Wildman–Crippen LogP) is 2.09. The zero-order valence-electron chi connectivity index (χ0n) is 9.26. The smallest absolute Gasteiger partial charge is 0.133 e. The number of carbonyl (C=O) groups is 1. The molecule has 0 amide bonds. The van der Waals surface area contributed by atoms with Gasteiger partial charge in [0.05, 0.1) is 0 Å². The van der Waals surface area contributed by atoms with Crippen LogP contribution in [0.1, 0.15) is 40.5 Å². The van der Waals surface area contributed by atoms with E-state index < -0.39 is 0 Å². The van der Waals surface area contributed by atoms with E-state index in [0.29, 0.717) is 11.7 Å². The lowest BCUT2D eigenvalue weighted by Crippen LogP contribution is -2.46. The standard InChI is InChI=1S/C11H21NO/c1-9(13)10-5-7-12(8-6-10)11(2,3)4/h10H,5-8H2,1-4H3. The maximum atomic E-state index is 11.1. The molecule has 1 fully saturated rings. The Morgan fingerprint density at radius 1 is 1.23 bits per heavy atom. The van der Waals surface area contributed by atoms with E-state index in [4.69, 9.17) is 0 Å². The van der Waals surface area contributed by atoms with Crippen molar-refractivity contribution in [2.75, 3.05) is 13.1 Å². The Morgan fingerprint density at radius 2 is 1.69 bits per heavy atom. The van der Waals surface area contributed by atoms with Crippen LogP contribution < -0.4 is 0 Å². The van der Waals surface area contributed by atoms with Crippen molar-refractivity contribution in [1.29, 1.82) is 0 Å². The van der Waals surface area contributed by atoms with Crippen LogP contribution in [-0.4, -0.2) is 29.3 Å². The SMILES string of the molecule is CC(=O)C1CCN(C(C)(C)C)CC1. The van der Waals surface area contributed by atoms with E-state index in [-0.39, 0.29) is 5.54 Å². The van der Waals surface area contributed by atoms with Gasteiger partial charge in [-0.25, -0.2) is 0 Å². The summed E-state index contributed by atoms with van der Waals surface area (Å²) < 4.78 is 0. The zero-order valence-corrected chi connectivity index (χ0v) is 9.26. The highest BCUT2D eigenvalue weighted by Gasteiger charge is 2.28. The Hall–Kier alpha value is -0.370. The van der Waals surface area contributed by atoms with Crippen LogP contribution in [0.25, 0.3) is 0 Å². The molecule has 1 aliphatic rings. The molecule has 2 heteroatoms. The van der Waals surface area contributed by atoms with E-state index >= 15 is 0 Å². The van der Waals surface area contributed by atoms with E-state index in [0.717, 1.165) is 25.9 Å². The minimum Gasteiger partial charge on any atom is -0.300 e. The molecule has 1 saturated heterocycles. The van der Waals surface area contributed by atoms with Gasteiger partial charge in [-0.15, -0.1) is 0 Å². The third kappa shape index (κ3) is 2.80. The molecular weight excluding hydrogens is 162 g/mol. The fourth-order valence-corrected chi connectivity index (χ4v) is 1.96. The Labute approximate surface area is 81.3 Å². The summed E-state index contributed by atoms with van der Waals surface area (Å²) in [6.07, 6.45) is 2.10. The fraction of sp³-hybridized carbons (Fsp3) is 0.909. The Balaban J connectivity index is 2.44. The molecule has 0 aromatic carbocycles. The largest absolute Gasteiger partial charge is 0.300 e. The average molecular weight is 183 g/mol. The monoisotopic (exact) mass is 183 g/mol. The summed E-state index contributed by atoms with van der Waals surface area (Å²) in [5.74, 6) is 0.701. The van der Waals surface area contributed by atoms with Gasteiger partial charge in [0.15, 0.2) is 0 Å². The van der Waals surface area contributed by atoms with Gasteiger partial charge >= 0.3 is 0 Å². The summed E-state index contributed by atoms with van der Waals surface area (Å²) in [4.78, 5) is 13.6. The second-order valence-corrected chi connectivity index (χ2v) is 5.04. The lowest BCUT2D eigenvalue weighted by Gasteiger charge is -2.40. The van der Waals surface area contributed by atoms with E-state index in [9.17, 15) is 4.79 Å². The highest BCUT2D eigenvalue weighted by molar-refractivity contribution is 5.78. The van der Waals surface area contributed by atoms with Crippen LogP contribution in [0.3, 0.4) is 0 Å². The molecule has 0 bridgehead atoms. The highest BCUT2D eigenvalue weighted by Crippen LogP contribution is 2.23. The van der Waals surface area contributed by atoms with Gasteiger partial charge in [0.2, 0.25) is 0 Å². The molecule has 0 atom stereocenters. The molecule has 0 aromatic heterocycles. The maximum absolute atomic E-state index is 11.1. The molecule has 0 saturated carbocycles. The quantitative estimate of drug-likeness (QED) is 0.620. The van der Waals surface area contributed by atoms with Crippen LogP contribution in [0.4, 0.5) is 0 Å². The Kier molecular flexibility index (Phi) is 3.12. The number of piperidine rings is 1. The van der Waals surface area contributed by atoms with E-state index in [1.807, 2.05) is 0 Å². The van der Waals surface area contributed by atoms with Gasteiger partial charge in [0.1, 0.15) is 5.78 Å². The number of rotatable bonds is 1. The molecule has 0 spiro atoms. The molecule has 0 unspecified atom stereocenters. The third-order valence-electron chi connectivity index (χ3n) is 3.02. The minimum atomic E-state index is 0.266. The highest BCUT2D eigenvalue weighted by atomic mass is 16.1. The van der Waals surface area contributed by atoms with Crippen LogP contribution in [0.2, 0.25) is 0 Å². The van der Waals surface area contributed by atoms with Crippen molar-refractivity contribution >= 4 is 5.78 Å². The van der Waals surface area contributed by atoms with E-state index in [1.165, 1.54) is 0 Å². The van der Waals surface area contributed by atoms with Crippen LogP contribution in [0.15, 0.2) is 0 Å². The van der Waals surface area contributed by atoms with Crippen LogP contribution in [0, 0.1) is 5.92 Å². The minimum absolute atomic E-state index is 0.266. The first-order valence-corrected chi connectivity index (χ1v) is 5.17. The van der Waals surface area contributed by atoms with Crippen molar-refractivity contribution in [3.63, 3.8) is 0 Å². The Morgan fingerprint density at radius 3 is 2.00 bits per heavy atom. The van der Waals surface area contributed by atoms with Gasteiger partial charge in [-0.2, -0.15) is 0 Å². The summed E-state index contributed by atoms with van der Waals surface area (Å²) in [6, 6.07) is 0. The molecule has 0 radical (unpaired) electrons. The Bertz CT molecular complexity index is 185. The molecule has 0 aromatic rings. The number of hydrogen-bond acceptors (Lipinski definition) is 2. The molecule has 76 valence electrons. The van der Waals surface area contributed by atoms with Gasteiger partial charge in [-0.1, -0.05) is 0 Å². The number of Topliss-reactive ketones (excluding diaryl/α,β-unsaturated/α-hetero) is 1. The van der Waals surface area contributed by atoms with Gasteiger partial charge < -0.3 is 0 Å². The zero-order chi connectivity index (χ0) is 10.1. The summed E-state index contributed by atoms with van der Waals surface area (Å²) in [6.45, 7) is 10.6. The lowest BCUT2D eigenvalue weighted by molar-refractivity contribution is -0.122. The maximum Gasteiger partial charge on any atom is 0.133 e. The molecule has 13 heavy (non-hydrogen) atoms. The van der Waals surface area contributed by atoms with Crippen molar-refractivity contribution < 1.29 is 4.79 Å². The second kappa shape index (κ2) is 3.79. The van der Waals surface area contributed by atoms with Gasteiger partial charge in [-0.3, -0.25) is 9.69 Å². The number of hydrogen-bond donors (Lipinski definition) is 0. The summed E-state index contributed by atoms with van der Waals surface area (Å²) >= 11 is 0.